The summed E-state index contributed by atoms with van der Waals surface area (Å²) in [5, 5.41) is 25.3. The van der Waals surface area contributed by atoms with Crippen molar-refractivity contribution in [1.82, 2.24) is 0 Å². The average molecular weight is 805 g/mol. The van der Waals surface area contributed by atoms with E-state index in [1.165, 1.54) is 0 Å². The van der Waals surface area contributed by atoms with Gasteiger partial charge in [0.1, 0.15) is 57.5 Å². The zero-order valence-electron chi connectivity index (χ0n) is 33.9. The fraction of sp³-hybridized carbons (Fsp3) is 0.300. The molecule has 0 aromatic heterocycles. The molecule has 0 amide bonds. The highest BCUT2D eigenvalue weighted by Gasteiger charge is 2.84. The van der Waals surface area contributed by atoms with Crippen molar-refractivity contribution in [3.8, 4) is 34.5 Å². The molecule has 5 aromatic carbocycles. The van der Waals surface area contributed by atoms with Crippen molar-refractivity contribution >= 4 is 5.78 Å². The van der Waals surface area contributed by atoms with Gasteiger partial charge in [-0.1, -0.05) is 91.0 Å². The molecular formula is C50H44O10. The zero-order valence-corrected chi connectivity index (χ0v) is 33.9. The molecule has 60 heavy (non-hydrogen) atoms. The van der Waals surface area contributed by atoms with Crippen LogP contribution in [0.5, 0.6) is 34.5 Å². The summed E-state index contributed by atoms with van der Waals surface area (Å²) in [6.07, 6.45) is 2.62. The highest BCUT2D eigenvalue weighted by molar-refractivity contribution is 6.06. The van der Waals surface area contributed by atoms with Crippen LogP contribution in [0.1, 0.15) is 70.2 Å². The van der Waals surface area contributed by atoms with E-state index in [1.807, 2.05) is 84.9 Å². The molecule has 4 aliphatic heterocycles. The van der Waals surface area contributed by atoms with Gasteiger partial charge in [0.05, 0.1) is 33.2 Å². The highest BCUT2D eigenvalue weighted by Crippen LogP contribution is 2.84. The number of ether oxygens (including phenoxy) is 7. The number of rotatable bonds is 6. The van der Waals surface area contributed by atoms with Crippen molar-refractivity contribution in [2.75, 3.05) is 21.3 Å². The predicted octanol–water partition coefficient (Wildman–Crippen LogP) is 8.78. The summed E-state index contributed by atoms with van der Waals surface area (Å²) in [6.45, 7) is 3.56. The molecule has 0 unspecified atom stereocenters. The Morgan fingerprint density at radius 3 is 2.10 bits per heavy atom. The minimum atomic E-state index is -2.11. The number of fused-ring (bicyclic) bond motifs is 6. The molecule has 1 spiro atoms. The summed E-state index contributed by atoms with van der Waals surface area (Å²) in [5.41, 5.74) is 3.97. The highest BCUT2D eigenvalue weighted by atomic mass is 16.7. The summed E-state index contributed by atoms with van der Waals surface area (Å²) in [4.78, 5) is 14.3. The van der Waals surface area contributed by atoms with Crippen molar-refractivity contribution < 1.29 is 48.2 Å². The van der Waals surface area contributed by atoms with E-state index in [9.17, 15) is 15.0 Å². The Bertz CT molecular complexity index is 2670. The van der Waals surface area contributed by atoms with E-state index in [0.29, 0.717) is 69.4 Å². The van der Waals surface area contributed by atoms with Gasteiger partial charge in [-0.3, -0.25) is 4.79 Å². The summed E-state index contributed by atoms with van der Waals surface area (Å²) in [5.74, 6) is -3.97. The molecule has 6 aliphatic rings. The second-order valence-corrected chi connectivity index (χ2v) is 16.6. The van der Waals surface area contributed by atoms with Crippen LogP contribution in [0.2, 0.25) is 0 Å². The largest absolute Gasteiger partial charge is 0.507 e. The lowest BCUT2D eigenvalue weighted by Gasteiger charge is -2.57. The molecule has 2 N–H and O–H groups in total. The van der Waals surface area contributed by atoms with Crippen molar-refractivity contribution in [2.45, 2.75) is 56.2 Å². The number of aromatic hydroxyl groups is 1. The Morgan fingerprint density at radius 1 is 0.767 bits per heavy atom. The molecule has 2 fully saturated rings. The number of carbonyl (C=O) groups is 1. The molecule has 11 rings (SSSR count). The molecule has 8 atom stereocenters. The Balaban J connectivity index is 1.32. The molecule has 10 heteroatoms. The quantitative estimate of drug-likeness (QED) is 0.172. The SMILES string of the molecule is COC1=C(C)C(=O)C=C2O[C@]3(c4ccccc4)Oc4cc(OC)c5c(c4[C@H]4[C@@H]3[C@@H]3c6c(cc(O)c(C)c6OC)O[C@](O)(c6ccccc6)[C@@H]3[C@]214)O[C@@H](c1ccccc1)CC5. The standard InChI is InChI=1S/C50H44O10/c1-26-32(51)23-36-39(44(26)55-4)41-43-42-40-37(25-35(54-3)31-21-22-34(57-45(31)40)28-15-9-6-10-16-28)59-50(43,30-19-13-8-14-20-30)60-38-24-33(52)27(2)47(56-5)48(38,42)46(41)49(53,58-36)29-17-11-7-12-18-29/h6-20,23-25,34,41-43,46,51,53H,21-22H2,1-5H3/t34-,41+,42+,43+,46+,48-,49-,50+/m1/s1. The van der Waals surface area contributed by atoms with Crippen molar-refractivity contribution in [3.63, 3.8) is 0 Å². The second-order valence-electron chi connectivity index (χ2n) is 16.6. The molecular weight excluding hydrogens is 761 g/mol. The first-order valence-electron chi connectivity index (χ1n) is 20.4. The monoisotopic (exact) mass is 804 g/mol. The van der Waals surface area contributed by atoms with Crippen LogP contribution in [0.25, 0.3) is 0 Å². The lowest BCUT2D eigenvalue weighted by Crippen LogP contribution is -2.58. The van der Waals surface area contributed by atoms with Crippen molar-refractivity contribution in [3.05, 3.63) is 165 Å². The Hall–Kier alpha value is -6.39. The fourth-order valence-electron chi connectivity index (χ4n) is 11.8. The van der Waals surface area contributed by atoms with Crippen LogP contribution in [0.15, 0.2) is 126 Å². The third kappa shape index (κ3) is 4.49. The minimum Gasteiger partial charge on any atom is -0.507 e. The molecule has 1 saturated carbocycles. The van der Waals surface area contributed by atoms with Gasteiger partial charge in [-0.2, -0.15) is 0 Å². The van der Waals surface area contributed by atoms with Gasteiger partial charge in [-0.05, 0) is 32.3 Å². The van der Waals surface area contributed by atoms with Gasteiger partial charge in [0.2, 0.25) is 5.79 Å². The topological polar surface area (TPSA) is 122 Å². The second kappa shape index (κ2) is 12.8. The number of phenolic OH excluding ortho intramolecular Hbond substituents is 1. The van der Waals surface area contributed by atoms with Crippen LogP contribution in [-0.2, 0) is 32.3 Å². The third-order valence-electron chi connectivity index (χ3n) is 14.1. The van der Waals surface area contributed by atoms with Gasteiger partial charge in [0, 0.05) is 69.0 Å². The minimum absolute atomic E-state index is 0.0481. The third-order valence-corrected chi connectivity index (χ3v) is 14.1. The van der Waals surface area contributed by atoms with Crippen LogP contribution in [0, 0.1) is 24.2 Å². The summed E-state index contributed by atoms with van der Waals surface area (Å²) in [6, 6.07) is 32.6. The number of benzene rings is 5. The maximum Gasteiger partial charge on any atom is 0.281 e. The number of ketones is 1. The predicted molar refractivity (Wildman–Crippen MR) is 219 cm³/mol. The van der Waals surface area contributed by atoms with Gasteiger partial charge in [-0.15, -0.1) is 0 Å². The number of methoxy groups -OCH3 is 3. The van der Waals surface area contributed by atoms with Crippen LogP contribution < -0.4 is 23.7 Å². The number of aliphatic hydroxyl groups is 1. The zero-order chi connectivity index (χ0) is 41.3. The van der Waals surface area contributed by atoms with Crippen molar-refractivity contribution in [2.24, 2.45) is 17.3 Å². The molecule has 0 radical (unpaired) electrons. The lowest BCUT2D eigenvalue weighted by molar-refractivity contribution is -0.254. The number of hydrogen-bond acceptors (Lipinski definition) is 10. The van der Waals surface area contributed by atoms with Gasteiger partial charge >= 0.3 is 0 Å². The van der Waals surface area contributed by atoms with E-state index < -0.39 is 40.7 Å². The summed E-state index contributed by atoms with van der Waals surface area (Å²) >= 11 is 0. The number of phenols is 1. The molecule has 5 aromatic rings. The fourth-order valence-corrected chi connectivity index (χ4v) is 11.8. The Labute approximate surface area is 347 Å². The Morgan fingerprint density at radius 2 is 1.43 bits per heavy atom. The van der Waals surface area contributed by atoms with Gasteiger partial charge < -0.3 is 43.4 Å². The summed E-state index contributed by atoms with van der Waals surface area (Å²) in [7, 11) is 4.79. The lowest BCUT2D eigenvalue weighted by atomic mass is 9.57. The van der Waals surface area contributed by atoms with E-state index in [4.69, 9.17) is 33.2 Å². The first-order valence-corrected chi connectivity index (χ1v) is 20.4. The van der Waals surface area contributed by atoms with E-state index in [2.05, 4.69) is 12.1 Å². The summed E-state index contributed by atoms with van der Waals surface area (Å²) < 4.78 is 48.1. The molecule has 4 heterocycles. The smallest absolute Gasteiger partial charge is 0.281 e. The molecule has 10 nitrogen and oxygen atoms in total. The first kappa shape index (κ1) is 36.7. The van der Waals surface area contributed by atoms with E-state index in [-0.39, 0.29) is 29.1 Å². The van der Waals surface area contributed by atoms with Crippen molar-refractivity contribution in [1.29, 1.82) is 0 Å². The normalized spacial score (nSPS) is 30.1. The van der Waals surface area contributed by atoms with Gasteiger partial charge in [0.15, 0.2) is 5.78 Å². The van der Waals surface area contributed by atoms with E-state index in [0.717, 1.165) is 16.7 Å². The maximum absolute atomic E-state index is 14.3. The Kier molecular flexibility index (Phi) is 7.83. The number of carbonyl (C=O) groups excluding carboxylic acids is 1. The van der Waals surface area contributed by atoms with Gasteiger partial charge in [0.25, 0.3) is 5.79 Å². The molecule has 1 saturated heterocycles. The van der Waals surface area contributed by atoms with Crippen LogP contribution >= 0.6 is 0 Å². The number of allylic oxidation sites excluding steroid dienone is 2. The molecule has 304 valence electrons. The van der Waals surface area contributed by atoms with Crippen LogP contribution in [0.4, 0.5) is 0 Å². The average Bonchev–Trinajstić information content (AvgIpc) is 3.54. The van der Waals surface area contributed by atoms with Crippen LogP contribution in [-0.4, -0.2) is 37.3 Å². The maximum atomic E-state index is 14.3. The van der Waals surface area contributed by atoms with E-state index in [1.54, 1.807) is 47.3 Å². The van der Waals surface area contributed by atoms with Gasteiger partial charge in [-0.25, -0.2) is 0 Å². The molecule has 4 bridgehead atoms. The van der Waals surface area contributed by atoms with Crippen LogP contribution in [0.3, 0.4) is 0 Å². The molecule has 2 aliphatic carbocycles. The number of hydrogen-bond donors (Lipinski definition) is 2. The van der Waals surface area contributed by atoms with E-state index >= 15 is 0 Å². The first-order chi connectivity index (χ1) is 29.1.